The van der Waals surface area contributed by atoms with Gasteiger partial charge in [0.05, 0.1) is 13.3 Å². The Morgan fingerprint density at radius 3 is 3.04 bits per heavy atom. The molecule has 2 aromatic rings. The summed E-state index contributed by atoms with van der Waals surface area (Å²) in [6, 6.07) is 5.39. The maximum absolute atomic E-state index is 13.1. The van der Waals surface area contributed by atoms with Gasteiger partial charge in [-0.1, -0.05) is 11.2 Å². The zero-order valence-electron chi connectivity index (χ0n) is 13.9. The summed E-state index contributed by atoms with van der Waals surface area (Å²) >= 11 is 0. The first-order valence-electron chi connectivity index (χ1n) is 8.34. The van der Waals surface area contributed by atoms with Crippen LogP contribution in [0.4, 0.5) is 4.79 Å². The highest BCUT2D eigenvalue weighted by atomic mass is 16.5. The molecule has 1 fully saturated rings. The van der Waals surface area contributed by atoms with E-state index < -0.39 is 5.54 Å². The average Bonchev–Trinajstić information content (AvgIpc) is 3.31. The molecule has 0 saturated carbocycles. The summed E-state index contributed by atoms with van der Waals surface area (Å²) in [5, 5.41) is 6.59. The number of carbonyl (C=O) groups excluding carboxylic acids is 2. The summed E-state index contributed by atoms with van der Waals surface area (Å²) in [6.07, 6.45) is 5.95. The van der Waals surface area contributed by atoms with Gasteiger partial charge in [0.2, 0.25) is 0 Å². The maximum Gasteiger partial charge on any atom is 0.325 e. The van der Waals surface area contributed by atoms with E-state index in [1.54, 1.807) is 19.6 Å². The highest BCUT2D eigenvalue weighted by Gasteiger charge is 2.55. The monoisotopic (exact) mass is 341 g/mol. The molecule has 1 N–H and O–H groups in total. The first-order chi connectivity index (χ1) is 12.1. The van der Waals surface area contributed by atoms with Crippen LogP contribution >= 0.6 is 0 Å². The summed E-state index contributed by atoms with van der Waals surface area (Å²) in [4.78, 5) is 26.8. The standard InChI is InChI=1S/C18H19N3O4/c1-24-14-5-4-13-6-7-18(15(13)9-14)16(22)21(17(23)20-18)8-2-3-12-10-19-25-11-12/h4-5,9-11H,2-3,6-8H2,1H3,(H,20,23). The summed E-state index contributed by atoms with van der Waals surface area (Å²) in [5.41, 5.74) is 1.95. The second kappa shape index (κ2) is 5.91. The lowest BCUT2D eigenvalue weighted by Gasteiger charge is -2.22. The van der Waals surface area contributed by atoms with E-state index >= 15 is 0 Å². The molecule has 1 aromatic heterocycles. The molecule has 4 rings (SSSR count). The number of hydrogen-bond donors (Lipinski definition) is 1. The third kappa shape index (κ3) is 2.47. The van der Waals surface area contributed by atoms with Crippen LogP contribution in [-0.4, -0.2) is 35.6 Å². The number of amides is 3. The van der Waals surface area contributed by atoms with Gasteiger partial charge in [-0.25, -0.2) is 4.79 Å². The van der Waals surface area contributed by atoms with Crippen molar-refractivity contribution in [2.45, 2.75) is 31.2 Å². The van der Waals surface area contributed by atoms with E-state index in [0.29, 0.717) is 31.6 Å². The predicted octanol–water partition coefficient (Wildman–Crippen LogP) is 2.01. The smallest absolute Gasteiger partial charge is 0.325 e. The fourth-order valence-electron chi connectivity index (χ4n) is 3.73. The highest BCUT2D eigenvalue weighted by molar-refractivity contribution is 6.08. The second-order valence-electron chi connectivity index (χ2n) is 6.45. The SMILES string of the molecule is COc1ccc2c(c1)C1(CC2)NC(=O)N(CCCc2cnoc2)C1=O. The largest absolute Gasteiger partial charge is 0.497 e. The number of nitrogens with zero attached hydrogens (tertiary/aromatic N) is 2. The first-order valence-corrected chi connectivity index (χ1v) is 8.34. The Morgan fingerprint density at radius 2 is 2.28 bits per heavy atom. The number of aryl methyl sites for hydroxylation is 2. The number of fused-ring (bicyclic) bond motifs is 2. The molecule has 1 aliphatic heterocycles. The zero-order valence-corrected chi connectivity index (χ0v) is 13.9. The van der Waals surface area contributed by atoms with Crippen molar-refractivity contribution in [3.63, 3.8) is 0 Å². The quantitative estimate of drug-likeness (QED) is 0.841. The Bertz CT molecular complexity index is 818. The molecule has 3 amide bonds. The van der Waals surface area contributed by atoms with Crippen molar-refractivity contribution in [2.75, 3.05) is 13.7 Å². The molecule has 2 aliphatic rings. The van der Waals surface area contributed by atoms with Crippen LogP contribution < -0.4 is 10.1 Å². The summed E-state index contributed by atoms with van der Waals surface area (Å²) in [6.45, 7) is 0.372. The van der Waals surface area contributed by atoms with E-state index in [9.17, 15) is 9.59 Å². The molecule has 1 unspecified atom stereocenters. The Hall–Kier alpha value is -2.83. The van der Waals surface area contributed by atoms with E-state index in [1.807, 2.05) is 18.2 Å². The fourth-order valence-corrected chi connectivity index (χ4v) is 3.73. The number of rotatable bonds is 5. The molecule has 130 valence electrons. The van der Waals surface area contributed by atoms with Gasteiger partial charge in [0, 0.05) is 12.1 Å². The third-order valence-corrected chi connectivity index (χ3v) is 5.05. The lowest BCUT2D eigenvalue weighted by Crippen LogP contribution is -2.42. The van der Waals surface area contributed by atoms with E-state index in [1.165, 1.54) is 4.90 Å². The van der Waals surface area contributed by atoms with Gasteiger partial charge in [-0.15, -0.1) is 0 Å². The van der Waals surface area contributed by atoms with Crippen LogP contribution in [0.1, 0.15) is 29.5 Å². The number of methoxy groups -OCH3 is 1. The van der Waals surface area contributed by atoms with E-state index in [0.717, 1.165) is 23.1 Å². The van der Waals surface area contributed by atoms with Crippen LogP contribution in [0.5, 0.6) is 5.75 Å². The van der Waals surface area contributed by atoms with Crippen LogP contribution in [0.2, 0.25) is 0 Å². The van der Waals surface area contributed by atoms with Crippen molar-refractivity contribution in [2.24, 2.45) is 0 Å². The third-order valence-electron chi connectivity index (χ3n) is 5.05. The lowest BCUT2D eigenvalue weighted by atomic mass is 9.91. The van der Waals surface area contributed by atoms with Gasteiger partial charge in [-0.2, -0.15) is 0 Å². The Morgan fingerprint density at radius 1 is 1.40 bits per heavy atom. The van der Waals surface area contributed by atoms with E-state index in [2.05, 4.69) is 10.5 Å². The molecule has 1 aromatic carbocycles. The maximum atomic E-state index is 13.1. The lowest BCUT2D eigenvalue weighted by molar-refractivity contribution is -0.131. The van der Waals surface area contributed by atoms with Crippen molar-refractivity contribution in [3.05, 3.63) is 47.3 Å². The molecule has 1 spiro atoms. The molecule has 25 heavy (non-hydrogen) atoms. The van der Waals surface area contributed by atoms with Crippen LogP contribution in [0.15, 0.2) is 35.2 Å². The molecule has 1 saturated heterocycles. The van der Waals surface area contributed by atoms with Gasteiger partial charge >= 0.3 is 6.03 Å². The van der Waals surface area contributed by atoms with Gasteiger partial charge in [0.25, 0.3) is 5.91 Å². The first kappa shape index (κ1) is 15.7. The van der Waals surface area contributed by atoms with Gasteiger partial charge in [0.1, 0.15) is 17.6 Å². The molecule has 7 nitrogen and oxygen atoms in total. The van der Waals surface area contributed by atoms with Gasteiger partial charge in [-0.3, -0.25) is 9.69 Å². The molecular formula is C18H19N3O4. The molecule has 1 atom stereocenters. The summed E-state index contributed by atoms with van der Waals surface area (Å²) in [7, 11) is 1.59. The van der Waals surface area contributed by atoms with Crippen LogP contribution in [-0.2, 0) is 23.2 Å². The Balaban J connectivity index is 1.54. The number of carbonyl (C=O) groups is 2. The highest BCUT2D eigenvalue weighted by Crippen LogP contribution is 2.42. The van der Waals surface area contributed by atoms with E-state index in [-0.39, 0.29) is 11.9 Å². The molecule has 0 bridgehead atoms. The normalized spacial score (nSPS) is 21.7. The number of aromatic nitrogens is 1. The summed E-state index contributed by atoms with van der Waals surface area (Å²) in [5.74, 6) is 0.516. The molecular weight excluding hydrogens is 322 g/mol. The van der Waals surface area contributed by atoms with Crippen LogP contribution in [0.3, 0.4) is 0 Å². The number of ether oxygens (including phenoxy) is 1. The minimum Gasteiger partial charge on any atom is -0.497 e. The van der Waals surface area contributed by atoms with Gasteiger partial charge in [0.15, 0.2) is 0 Å². The number of benzene rings is 1. The van der Waals surface area contributed by atoms with Crippen molar-refractivity contribution in [1.29, 1.82) is 0 Å². The fraction of sp³-hybridized carbons (Fsp3) is 0.389. The number of nitrogens with one attached hydrogen (secondary N) is 1. The van der Waals surface area contributed by atoms with Crippen molar-refractivity contribution >= 4 is 11.9 Å². The van der Waals surface area contributed by atoms with Gasteiger partial charge < -0.3 is 14.6 Å². The van der Waals surface area contributed by atoms with Crippen LogP contribution in [0.25, 0.3) is 0 Å². The number of urea groups is 1. The number of hydrogen-bond acceptors (Lipinski definition) is 5. The minimum atomic E-state index is -0.946. The van der Waals surface area contributed by atoms with Crippen LogP contribution in [0, 0.1) is 0 Å². The molecule has 1 aliphatic carbocycles. The van der Waals surface area contributed by atoms with Gasteiger partial charge in [-0.05, 0) is 48.9 Å². The van der Waals surface area contributed by atoms with Crippen molar-refractivity contribution < 1.29 is 18.8 Å². The van der Waals surface area contributed by atoms with Crippen molar-refractivity contribution in [1.82, 2.24) is 15.4 Å². The molecule has 2 heterocycles. The minimum absolute atomic E-state index is 0.171. The zero-order chi connectivity index (χ0) is 17.4. The summed E-state index contributed by atoms with van der Waals surface area (Å²) < 4.78 is 10.1. The predicted molar refractivity (Wildman–Crippen MR) is 88.1 cm³/mol. The Kier molecular flexibility index (Phi) is 3.71. The Labute approximate surface area is 144 Å². The molecule has 7 heteroatoms. The molecule has 0 radical (unpaired) electrons. The van der Waals surface area contributed by atoms with E-state index in [4.69, 9.17) is 9.26 Å². The van der Waals surface area contributed by atoms with Crippen molar-refractivity contribution in [3.8, 4) is 5.75 Å². The number of imide groups is 1. The average molecular weight is 341 g/mol. The topological polar surface area (TPSA) is 84.7 Å². The second-order valence-corrected chi connectivity index (χ2v) is 6.45.